The first kappa shape index (κ1) is 15.5. The third kappa shape index (κ3) is 4.60. The van der Waals surface area contributed by atoms with Crippen LogP contribution in [0.15, 0.2) is 12.4 Å². The van der Waals surface area contributed by atoms with Crippen LogP contribution in [-0.4, -0.2) is 40.1 Å². The molecule has 1 aromatic heterocycles. The molecule has 0 aliphatic carbocycles. The molecule has 1 fully saturated rings. The smallest absolute Gasteiger partial charge is 0.122 e. The minimum atomic E-state index is 0.666. The molecule has 1 aromatic rings. The highest BCUT2D eigenvalue weighted by Crippen LogP contribution is 2.12. The zero-order chi connectivity index (χ0) is 14.2. The van der Waals surface area contributed by atoms with Gasteiger partial charge in [0.25, 0.3) is 0 Å². The Hall–Kier alpha value is -0.870. The maximum atomic E-state index is 4.46. The summed E-state index contributed by atoms with van der Waals surface area (Å²) in [5.74, 6) is 1.18. The van der Waals surface area contributed by atoms with E-state index in [1.54, 1.807) is 0 Å². The summed E-state index contributed by atoms with van der Waals surface area (Å²) in [5, 5.41) is 3.69. The maximum Gasteiger partial charge on any atom is 0.122 e. The number of nitrogens with zero attached hydrogens (tertiary/aromatic N) is 3. The number of rotatable bonds is 8. The van der Waals surface area contributed by atoms with Crippen molar-refractivity contribution in [3.8, 4) is 0 Å². The molecule has 20 heavy (non-hydrogen) atoms. The summed E-state index contributed by atoms with van der Waals surface area (Å²) >= 11 is 0. The van der Waals surface area contributed by atoms with Crippen LogP contribution in [0.3, 0.4) is 0 Å². The number of unbranched alkanes of at least 4 members (excludes halogenated alkanes) is 1. The zero-order valence-corrected chi connectivity index (χ0v) is 13.1. The van der Waals surface area contributed by atoms with Crippen molar-refractivity contribution in [2.45, 2.75) is 65.1 Å². The predicted molar refractivity (Wildman–Crippen MR) is 83.7 cm³/mol. The van der Waals surface area contributed by atoms with Crippen LogP contribution in [-0.2, 0) is 13.1 Å². The molecular weight excluding hydrogens is 248 g/mol. The second-order valence-corrected chi connectivity index (χ2v) is 5.89. The molecule has 0 aromatic carbocycles. The van der Waals surface area contributed by atoms with Crippen LogP contribution in [0, 0.1) is 0 Å². The molecule has 114 valence electrons. The van der Waals surface area contributed by atoms with Gasteiger partial charge in [-0.05, 0) is 45.3 Å². The lowest BCUT2D eigenvalue weighted by atomic mass is 10.0. The molecule has 0 amide bonds. The van der Waals surface area contributed by atoms with E-state index in [1.165, 1.54) is 57.6 Å². The van der Waals surface area contributed by atoms with Crippen molar-refractivity contribution in [3.63, 3.8) is 0 Å². The zero-order valence-electron chi connectivity index (χ0n) is 13.1. The Morgan fingerprint density at radius 2 is 2.00 bits per heavy atom. The first-order chi connectivity index (χ1) is 9.83. The topological polar surface area (TPSA) is 33.1 Å². The lowest BCUT2D eigenvalue weighted by molar-refractivity contribution is 0.194. The van der Waals surface area contributed by atoms with Crippen LogP contribution in [0.25, 0.3) is 0 Å². The van der Waals surface area contributed by atoms with Crippen LogP contribution >= 0.6 is 0 Å². The van der Waals surface area contributed by atoms with E-state index in [-0.39, 0.29) is 0 Å². The number of likely N-dealkylation sites (tertiary alicyclic amines) is 1. The second-order valence-electron chi connectivity index (χ2n) is 5.89. The Balaban J connectivity index is 1.69. The molecule has 4 nitrogen and oxygen atoms in total. The molecule has 0 radical (unpaired) electrons. The highest BCUT2D eigenvalue weighted by molar-refractivity contribution is 4.93. The monoisotopic (exact) mass is 278 g/mol. The molecule has 1 N–H and O–H groups in total. The lowest BCUT2D eigenvalue weighted by Crippen LogP contribution is -2.42. The van der Waals surface area contributed by atoms with Gasteiger partial charge in [-0.15, -0.1) is 0 Å². The molecular formula is C16H30N4. The van der Waals surface area contributed by atoms with E-state index >= 15 is 0 Å². The van der Waals surface area contributed by atoms with Gasteiger partial charge in [0.1, 0.15) is 5.82 Å². The van der Waals surface area contributed by atoms with Gasteiger partial charge >= 0.3 is 0 Å². The van der Waals surface area contributed by atoms with Crippen molar-refractivity contribution in [2.24, 2.45) is 0 Å². The number of hydrogen-bond acceptors (Lipinski definition) is 3. The van der Waals surface area contributed by atoms with E-state index in [4.69, 9.17) is 0 Å². The number of hydrogen-bond donors (Lipinski definition) is 1. The number of nitrogens with one attached hydrogen (secondary N) is 1. The molecule has 0 atom stereocenters. The Kier molecular flexibility index (Phi) is 6.54. The summed E-state index contributed by atoms with van der Waals surface area (Å²) in [4.78, 5) is 7.08. The van der Waals surface area contributed by atoms with Gasteiger partial charge in [0.15, 0.2) is 0 Å². The van der Waals surface area contributed by atoms with Crippen LogP contribution in [0.4, 0.5) is 0 Å². The Morgan fingerprint density at radius 1 is 1.20 bits per heavy atom. The van der Waals surface area contributed by atoms with Gasteiger partial charge in [0.2, 0.25) is 0 Å². The first-order valence-corrected chi connectivity index (χ1v) is 8.29. The van der Waals surface area contributed by atoms with Crippen LogP contribution in [0.5, 0.6) is 0 Å². The fourth-order valence-corrected chi connectivity index (χ4v) is 2.93. The molecule has 1 aliphatic heterocycles. The summed E-state index contributed by atoms with van der Waals surface area (Å²) < 4.78 is 2.27. The fourth-order valence-electron chi connectivity index (χ4n) is 2.93. The van der Waals surface area contributed by atoms with Crippen LogP contribution in [0.1, 0.15) is 51.8 Å². The van der Waals surface area contributed by atoms with Crippen molar-refractivity contribution in [2.75, 3.05) is 19.6 Å². The molecule has 4 heteroatoms. The quantitative estimate of drug-likeness (QED) is 0.793. The third-order valence-electron chi connectivity index (χ3n) is 4.23. The highest BCUT2D eigenvalue weighted by atomic mass is 15.1. The minimum absolute atomic E-state index is 0.666. The Morgan fingerprint density at radius 3 is 2.70 bits per heavy atom. The number of aryl methyl sites for hydroxylation is 1. The van der Waals surface area contributed by atoms with E-state index in [0.29, 0.717) is 6.04 Å². The summed E-state index contributed by atoms with van der Waals surface area (Å²) in [5.41, 5.74) is 0. The molecule has 2 rings (SSSR count). The van der Waals surface area contributed by atoms with E-state index in [0.717, 1.165) is 13.1 Å². The van der Waals surface area contributed by atoms with Crippen molar-refractivity contribution >= 4 is 0 Å². The number of piperidine rings is 1. The second kappa shape index (κ2) is 8.42. The molecule has 0 unspecified atom stereocenters. The summed E-state index contributed by atoms with van der Waals surface area (Å²) in [6, 6.07) is 0.666. The van der Waals surface area contributed by atoms with Gasteiger partial charge in [0.05, 0.1) is 6.54 Å². The molecule has 0 bridgehead atoms. The van der Waals surface area contributed by atoms with Gasteiger partial charge in [-0.25, -0.2) is 4.98 Å². The molecule has 1 aliphatic rings. The fraction of sp³-hybridized carbons (Fsp3) is 0.812. The summed E-state index contributed by atoms with van der Waals surface area (Å²) in [6.45, 7) is 10.3. The number of imidazole rings is 1. The SMILES string of the molecule is CCCCN1CCC(NCc2nccn2CCC)CC1. The highest BCUT2D eigenvalue weighted by Gasteiger charge is 2.18. The maximum absolute atomic E-state index is 4.46. The summed E-state index contributed by atoms with van der Waals surface area (Å²) in [6.07, 6.45) is 10.4. The van der Waals surface area contributed by atoms with Crippen molar-refractivity contribution < 1.29 is 0 Å². The summed E-state index contributed by atoms with van der Waals surface area (Å²) in [7, 11) is 0. The first-order valence-electron chi connectivity index (χ1n) is 8.29. The van der Waals surface area contributed by atoms with E-state index in [1.807, 2.05) is 6.20 Å². The van der Waals surface area contributed by atoms with Crippen molar-refractivity contribution in [1.29, 1.82) is 0 Å². The average Bonchev–Trinajstić information content (AvgIpc) is 2.92. The van der Waals surface area contributed by atoms with Gasteiger partial charge in [-0.3, -0.25) is 0 Å². The average molecular weight is 278 g/mol. The molecule has 0 spiro atoms. The van der Waals surface area contributed by atoms with E-state index in [9.17, 15) is 0 Å². The normalized spacial score (nSPS) is 17.7. The van der Waals surface area contributed by atoms with Crippen molar-refractivity contribution in [3.05, 3.63) is 18.2 Å². The molecule has 2 heterocycles. The standard InChI is InChI=1S/C16H30N4/c1-3-5-10-19-11-6-15(7-12-19)18-14-16-17-8-13-20(16)9-4-2/h8,13,15,18H,3-7,9-12,14H2,1-2H3. The molecule has 0 saturated carbocycles. The van der Waals surface area contributed by atoms with Gasteiger partial charge < -0.3 is 14.8 Å². The largest absolute Gasteiger partial charge is 0.334 e. The van der Waals surface area contributed by atoms with Gasteiger partial charge in [-0.2, -0.15) is 0 Å². The van der Waals surface area contributed by atoms with E-state index < -0.39 is 0 Å². The van der Waals surface area contributed by atoms with Crippen molar-refractivity contribution in [1.82, 2.24) is 19.8 Å². The van der Waals surface area contributed by atoms with Crippen LogP contribution in [0.2, 0.25) is 0 Å². The minimum Gasteiger partial charge on any atom is -0.334 e. The van der Waals surface area contributed by atoms with Gasteiger partial charge in [-0.1, -0.05) is 20.3 Å². The number of aromatic nitrogens is 2. The molecule has 1 saturated heterocycles. The lowest BCUT2D eigenvalue weighted by Gasteiger charge is -2.32. The van der Waals surface area contributed by atoms with Gasteiger partial charge in [0, 0.05) is 25.0 Å². The van der Waals surface area contributed by atoms with Crippen LogP contribution < -0.4 is 5.32 Å². The van der Waals surface area contributed by atoms with E-state index in [2.05, 4.69) is 39.8 Å². The predicted octanol–water partition coefficient (Wildman–Crippen LogP) is 2.65. The Labute approximate surface area is 123 Å². The Bertz CT molecular complexity index is 366. The third-order valence-corrected chi connectivity index (χ3v) is 4.23.